The van der Waals surface area contributed by atoms with E-state index in [0.29, 0.717) is 19.4 Å². The van der Waals surface area contributed by atoms with E-state index in [0.717, 1.165) is 32.1 Å². The van der Waals surface area contributed by atoms with Gasteiger partial charge in [-0.1, -0.05) is 117 Å². The predicted octanol–water partition coefficient (Wildman–Crippen LogP) is 6.81. The van der Waals surface area contributed by atoms with Gasteiger partial charge in [-0.15, -0.1) is 0 Å². The second-order valence-electron chi connectivity index (χ2n) is 9.82. The van der Waals surface area contributed by atoms with E-state index in [1.165, 1.54) is 77.0 Å². The number of rotatable bonds is 24. The molecule has 2 amide bonds. The Morgan fingerprint density at radius 2 is 1.15 bits per heavy atom. The lowest BCUT2D eigenvalue weighted by Gasteiger charge is -2.18. The van der Waals surface area contributed by atoms with Crippen molar-refractivity contribution in [1.82, 2.24) is 10.6 Å². The largest absolute Gasteiger partial charge is 0.393 e. The van der Waals surface area contributed by atoms with Gasteiger partial charge < -0.3 is 15.7 Å². The Kier molecular flexibility index (Phi) is 23.2. The summed E-state index contributed by atoms with van der Waals surface area (Å²) in [5, 5.41) is 16.0. The van der Waals surface area contributed by atoms with Crippen LogP contribution in [-0.2, 0) is 9.59 Å². The smallest absolute Gasteiger partial charge is 0.222 e. The average Bonchev–Trinajstić information content (AvgIpc) is 2.80. The quantitative estimate of drug-likeness (QED) is 0.136. The molecule has 0 saturated carbocycles. The number of nitrogens with one attached hydrogen (secondary N) is 2. The van der Waals surface area contributed by atoms with E-state index in [2.05, 4.69) is 24.5 Å². The topological polar surface area (TPSA) is 78.4 Å². The number of hydrogen-bond acceptors (Lipinski definition) is 3. The fourth-order valence-electron chi connectivity index (χ4n) is 4.16. The van der Waals surface area contributed by atoms with Crippen molar-refractivity contribution in [3.8, 4) is 0 Å². The monoisotopic (exact) mass is 468 g/mol. The zero-order valence-corrected chi connectivity index (χ0v) is 22.3. The van der Waals surface area contributed by atoms with Gasteiger partial charge in [-0.2, -0.15) is 0 Å². The standard InChI is InChI=1S/C28H56N2O3/c1-4-7-9-11-12-13-14-15-16-18-20-22-27(32)30-25(6-3)24-29-28(33)23-26(31)21-19-17-10-8-5-2/h25-26,31H,4-24H2,1-3H3,(H,29,33)(H,30,32)/t25-,26+/m0/s1. The summed E-state index contributed by atoms with van der Waals surface area (Å²) < 4.78 is 0. The molecule has 0 heterocycles. The summed E-state index contributed by atoms with van der Waals surface area (Å²) in [7, 11) is 0. The van der Waals surface area contributed by atoms with Gasteiger partial charge in [-0.3, -0.25) is 9.59 Å². The number of hydrogen-bond donors (Lipinski definition) is 3. The molecule has 0 aliphatic heterocycles. The van der Waals surface area contributed by atoms with Crippen molar-refractivity contribution >= 4 is 11.8 Å². The van der Waals surface area contributed by atoms with Gasteiger partial charge in [-0.05, 0) is 19.3 Å². The zero-order valence-electron chi connectivity index (χ0n) is 22.3. The van der Waals surface area contributed by atoms with E-state index >= 15 is 0 Å². The number of carbonyl (C=O) groups is 2. The van der Waals surface area contributed by atoms with E-state index in [-0.39, 0.29) is 24.3 Å². The minimum absolute atomic E-state index is 0.0413. The van der Waals surface area contributed by atoms with Gasteiger partial charge in [0.1, 0.15) is 0 Å². The Balaban J connectivity index is 3.72. The molecule has 0 radical (unpaired) electrons. The number of amides is 2. The van der Waals surface area contributed by atoms with Gasteiger partial charge in [0.2, 0.25) is 11.8 Å². The van der Waals surface area contributed by atoms with Crippen LogP contribution in [0.3, 0.4) is 0 Å². The van der Waals surface area contributed by atoms with Crippen LogP contribution >= 0.6 is 0 Å². The van der Waals surface area contributed by atoms with E-state index < -0.39 is 6.10 Å². The van der Waals surface area contributed by atoms with Crippen molar-refractivity contribution in [3.05, 3.63) is 0 Å². The van der Waals surface area contributed by atoms with E-state index in [4.69, 9.17) is 0 Å². The van der Waals surface area contributed by atoms with Crippen LogP contribution in [0.15, 0.2) is 0 Å². The maximum atomic E-state index is 12.2. The molecule has 33 heavy (non-hydrogen) atoms. The average molecular weight is 469 g/mol. The summed E-state index contributed by atoms with van der Waals surface area (Å²) >= 11 is 0. The summed E-state index contributed by atoms with van der Waals surface area (Å²) in [6, 6.07) is -0.0413. The molecule has 0 aliphatic carbocycles. The van der Waals surface area contributed by atoms with Crippen LogP contribution in [0.2, 0.25) is 0 Å². The molecule has 0 unspecified atom stereocenters. The molecule has 0 aromatic rings. The first-order valence-corrected chi connectivity index (χ1v) is 14.3. The molecule has 0 saturated heterocycles. The highest BCUT2D eigenvalue weighted by atomic mass is 16.3. The molecule has 0 rings (SSSR count). The van der Waals surface area contributed by atoms with Crippen LogP contribution in [0, 0.1) is 0 Å². The molecular formula is C28H56N2O3. The summed E-state index contributed by atoms with van der Waals surface area (Å²) in [6.07, 6.45) is 21.4. The third-order valence-corrected chi connectivity index (χ3v) is 6.47. The fourth-order valence-corrected chi connectivity index (χ4v) is 4.16. The maximum Gasteiger partial charge on any atom is 0.222 e. The molecule has 2 atom stereocenters. The fraction of sp³-hybridized carbons (Fsp3) is 0.929. The number of unbranched alkanes of at least 4 members (excludes halogenated alkanes) is 14. The molecule has 5 heteroatoms. The minimum atomic E-state index is -0.567. The summed E-state index contributed by atoms with van der Waals surface area (Å²) in [6.45, 7) is 6.89. The Morgan fingerprint density at radius 3 is 1.67 bits per heavy atom. The molecular weight excluding hydrogens is 412 g/mol. The normalized spacial score (nSPS) is 13.0. The Morgan fingerprint density at radius 1 is 0.667 bits per heavy atom. The highest BCUT2D eigenvalue weighted by molar-refractivity contribution is 5.77. The number of aliphatic hydroxyl groups is 1. The summed E-state index contributed by atoms with van der Waals surface area (Å²) in [4.78, 5) is 24.3. The van der Waals surface area contributed by atoms with Crippen molar-refractivity contribution in [2.75, 3.05) is 6.54 Å². The van der Waals surface area contributed by atoms with Gasteiger partial charge in [0.05, 0.1) is 12.5 Å². The van der Waals surface area contributed by atoms with Crippen molar-refractivity contribution < 1.29 is 14.7 Å². The van der Waals surface area contributed by atoms with E-state index in [9.17, 15) is 14.7 Å². The highest BCUT2D eigenvalue weighted by Crippen LogP contribution is 2.12. The second-order valence-corrected chi connectivity index (χ2v) is 9.82. The van der Waals surface area contributed by atoms with Crippen molar-refractivity contribution in [1.29, 1.82) is 0 Å². The molecule has 0 aromatic heterocycles. The molecule has 0 aliphatic rings. The lowest BCUT2D eigenvalue weighted by atomic mass is 10.1. The SMILES string of the molecule is CCCCCCCCCCCCCC(=O)N[C@@H](CC)CNC(=O)C[C@H](O)CCCCCCC. The predicted molar refractivity (Wildman–Crippen MR) is 140 cm³/mol. The van der Waals surface area contributed by atoms with Crippen molar-refractivity contribution in [2.45, 2.75) is 161 Å². The van der Waals surface area contributed by atoms with Gasteiger partial charge in [0, 0.05) is 19.0 Å². The lowest BCUT2D eigenvalue weighted by molar-refractivity contribution is -0.124. The maximum absolute atomic E-state index is 12.2. The first kappa shape index (κ1) is 31.9. The van der Waals surface area contributed by atoms with Crippen LogP contribution in [-0.4, -0.2) is 35.6 Å². The highest BCUT2D eigenvalue weighted by Gasteiger charge is 2.14. The van der Waals surface area contributed by atoms with E-state index in [1.807, 2.05) is 6.92 Å². The Bertz CT molecular complexity index is 456. The lowest BCUT2D eigenvalue weighted by Crippen LogP contribution is -2.43. The summed E-state index contributed by atoms with van der Waals surface area (Å²) in [5.41, 5.74) is 0. The van der Waals surface area contributed by atoms with E-state index in [1.54, 1.807) is 0 Å². The third-order valence-electron chi connectivity index (χ3n) is 6.47. The molecule has 0 aromatic carbocycles. The van der Waals surface area contributed by atoms with Gasteiger partial charge >= 0.3 is 0 Å². The molecule has 0 spiro atoms. The zero-order chi connectivity index (χ0) is 24.6. The molecule has 196 valence electrons. The molecule has 5 nitrogen and oxygen atoms in total. The van der Waals surface area contributed by atoms with Crippen LogP contribution < -0.4 is 10.6 Å². The van der Waals surface area contributed by atoms with Gasteiger partial charge in [-0.25, -0.2) is 0 Å². The molecule has 0 bridgehead atoms. The number of aliphatic hydroxyl groups excluding tert-OH is 1. The van der Waals surface area contributed by atoms with Crippen LogP contribution in [0.25, 0.3) is 0 Å². The van der Waals surface area contributed by atoms with Crippen molar-refractivity contribution in [2.24, 2.45) is 0 Å². The second kappa shape index (κ2) is 24.0. The Hall–Kier alpha value is -1.10. The third kappa shape index (κ3) is 22.5. The van der Waals surface area contributed by atoms with Crippen LogP contribution in [0.4, 0.5) is 0 Å². The van der Waals surface area contributed by atoms with Crippen LogP contribution in [0.5, 0.6) is 0 Å². The first-order valence-electron chi connectivity index (χ1n) is 14.3. The number of carbonyl (C=O) groups excluding carboxylic acids is 2. The summed E-state index contributed by atoms with van der Waals surface area (Å²) in [5.74, 6) is -0.0479. The first-order chi connectivity index (χ1) is 16.0. The minimum Gasteiger partial charge on any atom is -0.393 e. The van der Waals surface area contributed by atoms with Crippen LogP contribution in [0.1, 0.15) is 149 Å². The Labute approximate surface area is 205 Å². The van der Waals surface area contributed by atoms with Crippen molar-refractivity contribution in [3.63, 3.8) is 0 Å². The molecule has 0 fully saturated rings. The van der Waals surface area contributed by atoms with Gasteiger partial charge in [0.25, 0.3) is 0 Å². The molecule has 3 N–H and O–H groups in total. The van der Waals surface area contributed by atoms with Gasteiger partial charge in [0.15, 0.2) is 0 Å².